The van der Waals surface area contributed by atoms with Gasteiger partial charge in [0.25, 0.3) is 0 Å². The van der Waals surface area contributed by atoms with Crippen molar-refractivity contribution in [1.82, 2.24) is 0 Å². The predicted molar refractivity (Wildman–Crippen MR) is 38.2 cm³/mol. The molecule has 0 aromatic heterocycles. The lowest BCUT2D eigenvalue weighted by molar-refractivity contribution is 0.405. The fourth-order valence-corrected chi connectivity index (χ4v) is 0. The lowest BCUT2D eigenvalue weighted by Crippen LogP contribution is -1.84. The second kappa shape index (κ2) is 7.37. The molecule has 0 saturated carbocycles. The fraction of sp³-hybridized carbons (Fsp3) is 1.00. The SMILES string of the molecule is C[SiH](C)C.O=[PH](O)O. The van der Waals surface area contributed by atoms with Gasteiger partial charge >= 0.3 is 8.25 Å². The third-order valence-corrected chi connectivity index (χ3v) is 0. The number of hydrogen-bond acceptors (Lipinski definition) is 1. The van der Waals surface area contributed by atoms with E-state index in [0.717, 1.165) is 0 Å². The van der Waals surface area contributed by atoms with Crippen LogP contribution in [0.4, 0.5) is 0 Å². The zero-order chi connectivity index (χ0) is 7.15. The van der Waals surface area contributed by atoms with Crippen LogP contribution in [0.3, 0.4) is 0 Å². The van der Waals surface area contributed by atoms with Crippen molar-refractivity contribution in [3.8, 4) is 0 Å². The van der Waals surface area contributed by atoms with Crippen molar-refractivity contribution in [2.75, 3.05) is 0 Å². The van der Waals surface area contributed by atoms with Crippen molar-refractivity contribution in [3.05, 3.63) is 0 Å². The van der Waals surface area contributed by atoms with Gasteiger partial charge in [0.1, 0.15) is 0 Å². The molecule has 3 nitrogen and oxygen atoms in total. The molecule has 8 heavy (non-hydrogen) atoms. The second-order valence-corrected chi connectivity index (χ2v) is 6.04. The molecule has 0 rings (SSSR count). The molecule has 52 valence electrons. The van der Waals surface area contributed by atoms with E-state index < -0.39 is 8.25 Å². The van der Waals surface area contributed by atoms with Gasteiger partial charge in [0.15, 0.2) is 0 Å². The molecule has 0 saturated heterocycles. The highest BCUT2D eigenvalue weighted by Crippen LogP contribution is 1.98. The summed E-state index contributed by atoms with van der Waals surface area (Å²) in [5.74, 6) is 0. The molecule has 2 N–H and O–H groups in total. The summed E-state index contributed by atoms with van der Waals surface area (Å²) in [6, 6.07) is 0. The van der Waals surface area contributed by atoms with Gasteiger partial charge in [-0.3, -0.25) is 4.57 Å². The van der Waals surface area contributed by atoms with E-state index >= 15 is 0 Å². The molecule has 0 radical (unpaired) electrons. The normalized spacial score (nSPS) is 8.88. The van der Waals surface area contributed by atoms with Gasteiger partial charge in [-0.25, -0.2) is 0 Å². The molecule has 5 heteroatoms. The van der Waals surface area contributed by atoms with E-state index in [9.17, 15) is 0 Å². The first-order valence-electron chi connectivity index (χ1n) is 2.38. The third kappa shape index (κ3) is 1360. The molecule has 0 bridgehead atoms. The van der Waals surface area contributed by atoms with Crippen molar-refractivity contribution < 1.29 is 14.4 Å². The molecule has 0 amide bonds. The molecule has 0 atom stereocenters. The Kier molecular flexibility index (Phi) is 10.3. The molecule has 0 aliphatic heterocycles. The zero-order valence-corrected chi connectivity index (χ0v) is 7.53. The molecule has 0 aromatic carbocycles. The van der Waals surface area contributed by atoms with Crippen LogP contribution in [0.2, 0.25) is 19.6 Å². The van der Waals surface area contributed by atoms with Crippen molar-refractivity contribution in [1.29, 1.82) is 0 Å². The highest BCUT2D eigenvalue weighted by Gasteiger charge is 1.71. The standard InChI is InChI=1S/C3H10Si.H3O3P/c2*1-4(2)3/h4H,1-3H3;4H,(H2,1,2,3). The molecule has 0 fully saturated rings. The predicted octanol–water partition coefficient (Wildman–Crippen LogP) is 0.464. The smallest absolute Gasteiger partial charge is 0.314 e. The van der Waals surface area contributed by atoms with Gasteiger partial charge in [-0.05, 0) is 0 Å². The van der Waals surface area contributed by atoms with Gasteiger partial charge in [0.05, 0.1) is 0 Å². The lowest BCUT2D eigenvalue weighted by Gasteiger charge is -1.75. The average molecular weight is 156 g/mol. The summed E-state index contributed by atoms with van der Waals surface area (Å²) in [5, 5.41) is 0. The largest absolute Gasteiger partial charge is 0.326 e. The monoisotopic (exact) mass is 156 g/mol. The minimum atomic E-state index is -3.13. The summed E-state index contributed by atoms with van der Waals surface area (Å²) < 4.78 is 8.74. The van der Waals surface area contributed by atoms with Gasteiger partial charge in [-0.2, -0.15) is 0 Å². The lowest BCUT2D eigenvalue weighted by atomic mass is 11.8. The molecule has 0 unspecified atom stereocenters. The summed E-state index contributed by atoms with van der Waals surface area (Å²) in [6.45, 7) is 6.92. The number of rotatable bonds is 0. The summed E-state index contributed by atoms with van der Waals surface area (Å²) in [6.07, 6.45) is 0. The fourth-order valence-electron chi connectivity index (χ4n) is 0. The van der Waals surface area contributed by atoms with Crippen LogP contribution in [0.5, 0.6) is 0 Å². The maximum Gasteiger partial charge on any atom is 0.314 e. The van der Waals surface area contributed by atoms with Crippen LogP contribution in [0, 0.1) is 0 Å². The maximum absolute atomic E-state index is 8.74. The van der Waals surface area contributed by atoms with E-state index in [-0.39, 0.29) is 8.80 Å². The Bertz CT molecular complexity index is 58.8. The Hall–Kier alpha value is 0.367. The average Bonchev–Trinajstić information content (AvgIpc) is 1.25. The molecule has 0 aromatic rings. The van der Waals surface area contributed by atoms with Crippen LogP contribution in [0.25, 0.3) is 0 Å². The van der Waals surface area contributed by atoms with E-state index in [2.05, 4.69) is 19.6 Å². The summed E-state index contributed by atoms with van der Waals surface area (Å²) in [7, 11) is -3.27. The summed E-state index contributed by atoms with van der Waals surface area (Å²) in [5.41, 5.74) is 0. The topological polar surface area (TPSA) is 57.5 Å². The van der Waals surface area contributed by atoms with Gasteiger partial charge in [0.2, 0.25) is 0 Å². The van der Waals surface area contributed by atoms with Crippen LogP contribution >= 0.6 is 8.25 Å². The molecule has 0 heterocycles. The van der Waals surface area contributed by atoms with Crippen LogP contribution in [-0.4, -0.2) is 18.6 Å². The van der Waals surface area contributed by atoms with Crippen LogP contribution in [0.15, 0.2) is 0 Å². The first-order chi connectivity index (χ1) is 3.46. The van der Waals surface area contributed by atoms with Crippen molar-refractivity contribution in [2.24, 2.45) is 0 Å². The molecule has 0 aliphatic rings. The van der Waals surface area contributed by atoms with E-state index in [1.54, 1.807) is 0 Å². The van der Waals surface area contributed by atoms with E-state index in [0.29, 0.717) is 0 Å². The number of hydrogen-bond donors (Lipinski definition) is 2. The van der Waals surface area contributed by atoms with E-state index in [1.807, 2.05) is 0 Å². The second-order valence-electron chi connectivity index (χ2n) is 2.01. The summed E-state index contributed by atoms with van der Waals surface area (Å²) in [4.78, 5) is 14.3. The minimum Gasteiger partial charge on any atom is -0.326 e. The minimum absolute atomic E-state index is 0.139. The van der Waals surface area contributed by atoms with Gasteiger partial charge < -0.3 is 9.79 Å². The first kappa shape index (κ1) is 11.2. The maximum atomic E-state index is 8.74. The highest BCUT2D eigenvalue weighted by atomic mass is 31.1. The Morgan fingerprint density at radius 2 is 1.25 bits per heavy atom. The Labute approximate surface area is 51.9 Å². The molecule has 0 aliphatic carbocycles. The highest BCUT2D eigenvalue weighted by molar-refractivity contribution is 7.30. The quantitative estimate of drug-likeness (QED) is 0.396. The van der Waals surface area contributed by atoms with E-state index in [1.165, 1.54) is 0 Å². The van der Waals surface area contributed by atoms with Gasteiger partial charge in [0, 0.05) is 8.80 Å². The third-order valence-electron chi connectivity index (χ3n) is 0. The Balaban J connectivity index is 0. The van der Waals surface area contributed by atoms with Crippen LogP contribution in [-0.2, 0) is 4.57 Å². The Morgan fingerprint density at radius 3 is 1.25 bits per heavy atom. The molecular formula is C3H13O3PSi. The molecular weight excluding hydrogens is 143 g/mol. The van der Waals surface area contributed by atoms with Crippen LogP contribution in [0.1, 0.15) is 0 Å². The summed E-state index contributed by atoms with van der Waals surface area (Å²) >= 11 is 0. The van der Waals surface area contributed by atoms with Crippen LogP contribution < -0.4 is 0 Å². The van der Waals surface area contributed by atoms with Crippen molar-refractivity contribution in [2.45, 2.75) is 19.6 Å². The first-order valence-corrected chi connectivity index (χ1v) is 7.15. The zero-order valence-electron chi connectivity index (χ0n) is 5.38. The Morgan fingerprint density at radius 1 is 1.25 bits per heavy atom. The van der Waals surface area contributed by atoms with E-state index in [4.69, 9.17) is 14.4 Å². The van der Waals surface area contributed by atoms with Crippen molar-refractivity contribution in [3.63, 3.8) is 0 Å². The molecule has 0 spiro atoms. The van der Waals surface area contributed by atoms with Gasteiger partial charge in [-0.1, -0.05) is 19.6 Å². The van der Waals surface area contributed by atoms with Crippen molar-refractivity contribution >= 4 is 17.1 Å². The van der Waals surface area contributed by atoms with Gasteiger partial charge in [-0.15, -0.1) is 0 Å².